The van der Waals surface area contributed by atoms with Crippen LogP contribution in [0.5, 0.6) is 11.5 Å². The summed E-state index contributed by atoms with van der Waals surface area (Å²) in [6.07, 6.45) is 5.46. The first-order valence-corrected chi connectivity index (χ1v) is 14.8. The predicted octanol–water partition coefficient (Wildman–Crippen LogP) is 5.35. The Morgan fingerprint density at radius 1 is 0.833 bits per heavy atom. The zero-order valence-corrected chi connectivity index (χ0v) is 24.2. The topological polar surface area (TPSA) is 71.3 Å². The van der Waals surface area contributed by atoms with Gasteiger partial charge in [0.2, 0.25) is 0 Å². The Morgan fingerprint density at radius 2 is 1.55 bits per heavy atom. The molecular formula is C34H38N4O4. The van der Waals surface area contributed by atoms with Crippen LogP contribution >= 0.6 is 0 Å². The maximum Gasteiger partial charge on any atom is 0.289 e. The number of piperidine rings is 1. The number of ether oxygens (including phenoxy) is 2. The molecule has 6 rings (SSSR count). The van der Waals surface area contributed by atoms with Gasteiger partial charge in [-0.1, -0.05) is 18.2 Å². The summed E-state index contributed by atoms with van der Waals surface area (Å²) in [5, 5.41) is 0. The van der Waals surface area contributed by atoms with E-state index in [1.165, 1.54) is 11.1 Å². The van der Waals surface area contributed by atoms with Gasteiger partial charge in [-0.2, -0.15) is 0 Å². The highest BCUT2D eigenvalue weighted by molar-refractivity contribution is 5.92. The monoisotopic (exact) mass is 566 g/mol. The van der Waals surface area contributed by atoms with Crippen LogP contribution in [-0.2, 0) is 13.1 Å². The van der Waals surface area contributed by atoms with Crippen LogP contribution in [0.1, 0.15) is 34.5 Å². The van der Waals surface area contributed by atoms with Crippen molar-refractivity contribution in [1.82, 2.24) is 19.7 Å². The highest BCUT2D eigenvalue weighted by Crippen LogP contribution is 2.27. The molecule has 42 heavy (non-hydrogen) atoms. The summed E-state index contributed by atoms with van der Waals surface area (Å²) in [6.45, 7) is 7.39. The third-order valence-electron chi connectivity index (χ3n) is 8.12. The van der Waals surface area contributed by atoms with Crippen molar-refractivity contribution in [1.29, 1.82) is 0 Å². The van der Waals surface area contributed by atoms with Gasteiger partial charge < -0.3 is 18.8 Å². The van der Waals surface area contributed by atoms with Gasteiger partial charge in [-0.25, -0.2) is 0 Å². The molecule has 0 radical (unpaired) electrons. The molecule has 2 aliphatic rings. The predicted molar refractivity (Wildman–Crippen MR) is 161 cm³/mol. The number of amides is 1. The van der Waals surface area contributed by atoms with Crippen molar-refractivity contribution < 1.29 is 18.7 Å². The summed E-state index contributed by atoms with van der Waals surface area (Å²) in [5.74, 6) is 2.65. The smallest absolute Gasteiger partial charge is 0.289 e. The van der Waals surface area contributed by atoms with Crippen LogP contribution < -0.4 is 9.47 Å². The maximum atomic E-state index is 13.1. The van der Waals surface area contributed by atoms with Crippen molar-refractivity contribution in [3.8, 4) is 22.8 Å². The van der Waals surface area contributed by atoms with Crippen LogP contribution in [0, 0.1) is 0 Å². The molecule has 0 bridgehead atoms. The van der Waals surface area contributed by atoms with Crippen LogP contribution in [0.3, 0.4) is 0 Å². The summed E-state index contributed by atoms with van der Waals surface area (Å²) >= 11 is 0. The number of benzene rings is 2. The number of carbonyl (C=O) groups excluding carboxylic acids is 1. The molecule has 2 fully saturated rings. The van der Waals surface area contributed by atoms with E-state index in [1.54, 1.807) is 13.2 Å². The SMILES string of the molecule is COc1ccc(-c2ccc(C(=O)N3CCC(Oc4cccc(CN5CCN(Cc6cccnc6)CC5)c4)CC3)o2)cc1. The van der Waals surface area contributed by atoms with Crippen molar-refractivity contribution in [2.24, 2.45) is 0 Å². The number of aromatic nitrogens is 1. The van der Waals surface area contributed by atoms with Gasteiger partial charge in [0.25, 0.3) is 5.91 Å². The second kappa shape index (κ2) is 13.2. The molecule has 0 atom stereocenters. The van der Waals surface area contributed by atoms with E-state index in [4.69, 9.17) is 13.9 Å². The lowest BCUT2D eigenvalue weighted by Crippen LogP contribution is -2.45. The van der Waals surface area contributed by atoms with E-state index in [1.807, 2.05) is 59.8 Å². The van der Waals surface area contributed by atoms with Gasteiger partial charge in [-0.3, -0.25) is 19.6 Å². The second-order valence-electron chi connectivity index (χ2n) is 11.1. The molecule has 2 saturated heterocycles. The molecule has 8 nitrogen and oxygen atoms in total. The Morgan fingerprint density at radius 3 is 2.24 bits per heavy atom. The van der Waals surface area contributed by atoms with Crippen molar-refractivity contribution in [2.75, 3.05) is 46.4 Å². The summed E-state index contributed by atoms with van der Waals surface area (Å²) in [4.78, 5) is 24.2. The highest BCUT2D eigenvalue weighted by Gasteiger charge is 2.27. The number of furan rings is 1. The number of hydrogen-bond acceptors (Lipinski definition) is 7. The van der Waals surface area contributed by atoms with Crippen LogP contribution in [-0.4, -0.2) is 78.1 Å². The molecule has 4 heterocycles. The molecule has 2 aliphatic heterocycles. The standard InChI is InChI=1S/C34H38N4O4/c1-40-29-9-7-28(8-10-29)32-11-12-33(42-32)34(39)38-16-13-30(14-17-38)41-31-6-2-4-26(22-31)24-36-18-20-37(21-19-36)25-27-5-3-15-35-23-27/h2-12,15,22-23,30H,13-14,16-21,24-25H2,1H3. The Kier molecular flexibility index (Phi) is 8.82. The lowest BCUT2D eigenvalue weighted by atomic mass is 10.1. The molecule has 8 heteroatoms. The fraction of sp³-hybridized carbons (Fsp3) is 0.353. The highest BCUT2D eigenvalue weighted by atomic mass is 16.5. The van der Waals surface area contributed by atoms with E-state index < -0.39 is 0 Å². The first-order chi connectivity index (χ1) is 20.6. The Labute approximate surface area is 247 Å². The largest absolute Gasteiger partial charge is 0.497 e. The van der Waals surface area contributed by atoms with Gasteiger partial charge in [-0.05, 0) is 65.7 Å². The van der Waals surface area contributed by atoms with Crippen molar-refractivity contribution >= 4 is 5.91 Å². The van der Waals surface area contributed by atoms with Crippen LogP contribution in [0.15, 0.2) is 89.6 Å². The molecule has 0 unspecified atom stereocenters. The maximum absolute atomic E-state index is 13.1. The molecule has 0 aliphatic carbocycles. The zero-order chi connectivity index (χ0) is 28.7. The molecule has 218 valence electrons. The number of nitrogens with zero attached hydrogens (tertiary/aromatic N) is 4. The van der Waals surface area contributed by atoms with Gasteiger partial charge in [0.05, 0.1) is 7.11 Å². The van der Waals surface area contributed by atoms with Gasteiger partial charge in [0.15, 0.2) is 5.76 Å². The minimum atomic E-state index is -0.0734. The Balaban J connectivity index is 0.958. The number of pyridine rings is 1. The number of piperazine rings is 1. The number of likely N-dealkylation sites (tertiary alicyclic amines) is 1. The molecule has 4 aromatic rings. The summed E-state index contributed by atoms with van der Waals surface area (Å²) in [7, 11) is 1.64. The first kappa shape index (κ1) is 28.0. The van der Waals surface area contributed by atoms with E-state index in [0.717, 1.165) is 69.2 Å². The van der Waals surface area contributed by atoms with E-state index in [0.29, 0.717) is 24.6 Å². The van der Waals surface area contributed by atoms with Crippen molar-refractivity contribution in [2.45, 2.75) is 32.0 Å². The van der Waals surface area contributed by atoms with Crippen LogP contribution in [0.4, 0.5) is 0 Å². The van der Waals surface area contributed by atoms with Crippen LogP contribution in [0.25, 0.3) is 11.3 Å². The van der Waals surface area contributed by atoms with E-state index in [2.05, 4.69) is 39.0 Å². The second-order valence-corrected chi connectivity index (χ2v) is 11.1. The van der Waals surface area contributed by atoms with Crippen molar-refractivity contribution in [3.05, 3.63) is 102 Å². The Hall–Kier alpha value is -4.14. The van der Waals surface area contributed by atoms with Gasteiger partial charge in [0.1, 0.15) is 23.4 Å². The fourth-order valence-corrected chi connectivity index (χ4v) is 5.72. The average molecular weight is 567 g/mol. The molecule has 1 amide bonds. The molecular weight excluding hydrogens is 528 g/mol. The first-order valence-electron chi connectivity index (χ1n) is 14.8. The molecule has 0 N–H and O–H groups in total. The molecule has 2 aromatic heterocycles. The van der Waals surface area contributed by atoms with Gasteiger partial charge in [-0.15, -0.1) is 0 Å². The normalized spacial score (nSPS) is 16.8. The summed E-state index contributed by atoms with van der Waals surface area (Å²) < 4.78 is 17.5. The lowest BCUT2D eigenvalue weighted by molar-refractivity contribution is 0.0567. The minimum Gasteiger partial charge on any atom is -0.497 e. The lowest BCUT2D eigenvalue weighted by Gasteiger charge is -2.34. The molecule has 0 spiro atoms. The van der Waals surface area contributed by atoms with Gasteiger partial charge in [0, 0.05) is 83.2 Å². The zero-order valence-electron chi connectivity index (χ0n) is 24.2. The Bertz CT molecular complexity index is 1440. The third kappa shape index (κ3) is 7.01. The van der Waals surface area contributed by atoms with Crippen LogP contribution in [0.2, 0.25) is 0 Å². The minimum absolute atomic E-state index is 0.0734. The molecule has 2 aromatic carbocycles. The quantitative estimate of drug-likeness (QED) is 0.270. The van der Waals surface area contributed by atoms with Gasteiger partial charge >= 0.3 is 0 Å². The average Bonchev–Trinajstić information content (AvgIpc) is 3.53. The fourth-order valence-electron chi connectivity index (χ4n) is 5.72. The van der Waals surface area contributed by atoms with E-state index in [9.17, 15) is 4.79 Å². The van der Waals surface area contributed by atoms with Crippen molar-refractivity contribution in [3.63, 3.8) is 0 Å². The van der Waals surface area contributed by atoms with E-state index >= 15 is 0 Å². The molecule has 0 saturated carbocycles. The summed E-state index contributed by atoms with van der Waals surface area (Å²) in [5.41, 5.74) is 3.45. The number of rotatable bonds is 9. The third-order valence-corrected chi connectivity index (χ3v) is 8.12. The number of hydrogen-bond donors (Lipinski definition) is 0. The number of carbonyl (C=O) groups is 1. The van der Waals surface area contributed by atoms with E-state index in [-0.39, 0.29) is 12.0 Å². The summed E-state index contributed by atoms with van der Waals surface area (Å²) in [6, 6.07) is 23.8. The number of methoxy groups -OCH3 is 1.